The molecule has 2 rings (SSSR count). The molecular formula is C12H8FN3. The summed E-state index contributed by atoms with van der Waals surface area (Å²) >= 11 is 0. The summed E-state index contributed by atoms with van der Waals surface area (Å²) < 4.78 is 13.3. The van der Waals surface area contributed by atoms with Gasteiger partial charge in [0, 0.05) is 6.20 Å². The number of anilines is 2. The lowest BCUT2D eigenvalue weighted by Crippen LogP contribution is -1.95. The number of rotatable bonds is 2. The number of nitriles is 1. The van der Waals surface area contributed by atoms with Gasteiger partial charge in [-0.2, -0.15) is 5.26 Å². The minimum Gasteiger partial charge on any atom is -0.338 e. The van der Waals surface area contributed by atoms with E-state index >= 15 is 0 Å². The zero-order valence-electron chi connectivity index (χ0n) is 8.31. The van der Waals surface area contributed by atoms with Gasteiger partial charge in [0.25, 0.3) is 0 Å². The average molecular weight is 213 g/mol. The van der Waals surface area contributed by atoms with E-state index in [0.29, 0.717) is 17.1 Å². The fourth-order valence-electron chi connectivity index (χ4n) is 1.23. The summed E-state index contributed by atoms with van der Waals surface area (Å²) in [4.78, 5) is 3.99. The molecule has 0 unspecified atom stereocenters. The van der Waals surface area contributed by atoms with Gasteiger partial charge >= 0.3 is 0 Å². The highest BCUT2D eigenvalue weighted by atomic mass is 19.1. The molecule has 3 nitrogen and oxygen atoms in total. The van der Waals surface area contributed by atoms with Crippen LogP contribution in [0.25, 0.3) is 0 Å². The topological polar surface area (TPSA) is 48.7 Å². The number of nitrogens with zero attached hydrogens (tertiary/aromatic N) is 2. The molecule has 1 heterocycles. The monoisotopic (exact) mass is 213 g/mol. The summed E-state index contributed by atoms with van der Waals surface area (Å²) in [6.07, 6.45) is 1.43. The van der Waals surface area contributed by atoms with Crippen LogP contribution in [0.1, 0.15) is 5.56 Å². The Balaban J connectivity index is 2.22. The van der Waals surface area contributed by atoms with E-state index in [1.54, 1.807) is 30.3 Å². The normalized spacial score (nSPS) is 9.50. The number of nitrogens with one attached hydrogen (secondary N) is 1. The van der Waals surface area contributed by atoms with Crippen molar-refractivity contribution in [2.45, 2.75) is 0 Å². The predicted molar refractivity (Wildman–Crippen MR) is 58.6 cm³/mol. The first-order chi connectivity index (χ1) is 7.79. The van der Waals surface area contributed by atoms with E-state index < -0.39 is 0 Å². The van der Waals surface area contributed by atoms with E-state index in [1.807, 2.05) is 6.07 Å². The van der Waals surface area contributed by atoms with Crippen molar-refractivity contribution in [2.75, 3.05) is 5.32 Å². The smallest absolute Gasteiger partial charge is 0.146 e. The number of pyridine rings is 1. The highest BCUT2D eigenvalue weighted by Gasteiger charge is 2.01. The Morgan fingerprint density at radius 2 is 2.00 bits per heavy atom. The maximum atomic E-state index is 13.3. The van der Waals surface area contributed by atoms with Gasteiger partial charge in [0.2, 0.25) is 0 Å². The number of benzene rings is 1. The molecule has 0 spiro atoms. The number of para-hydroxylation sites is 1. The third kappa shape index (κ3) is 2.15. The molecule has 4 heteroatoms. The van der Waals surface area contributed by atoms with Crippen molar-refractivity contribution >= 4 is 11.5 Å². The van der Waals surface area contributed by atoms with Gasteiger partial charge in [0.05, 0.1) is 11.3 Å². The van der Waals surface area contributed by atoms with Crippen LogP contribution < -0.4 is 5.32 Å². The van der Waals surface area contributed by atoms with Gasteiger partial charge in [0.1, 0.15) is 17.7 Å². The SMILES string of the molecule is N#Cc1ccc(Nc2ccccc2F)nc1. The van der Waals surface area contributed by atoms with Gasteiger partial charge in [-0.25, -0.2) is 9.37 Å². The largest absolute Gasteiger partial charge is 0.338 e. The highest BCUT2D eigenvalue weighted by Crippen LogP contribution is 2.17. The quantitative estimate of drug-likeness (QED) is 0.834. The lowest BCUT2D eigenvalue weighted by atomic mass is 10.3. The van der Waals surface area contributed by atoms with E-state index in [9.17, 15) is 4.39 Å². The lowest BCUT2D eigenvalue weighted by molar-refractivity contribution is 0.632. The fourth-order valence-corrected chi connectivity index (χ4v) is 1.23. The molecule has 0 saturated heterocycles. The molecule has 16 heavy (non-hydrogen) atoms. The van der Waals surface area contributed by atoms with E-state index in [4.69, 9.17) is 5.26 Å². The zero-order chi connectivity index (χ0) is 11.4. The van der Waals surface area contributed by atoms with Gasteiger partial charge in [-0.1, -0.05) is 12.1 Å². The summed E-state index contributed by atoms with van der Waals surface area (Å²) in [5.41, 5.74) is 0.832. The van der Waals surface area contributed by atoms with Gasteiger partial charge in [0.15, 0.2) is 0 Å². The van der Waals surface area contributed by atoms with Crippen LogP contribution >= 0.6 is 0 Å². The van der Waals surface area contributed by atoms with Crippen LogP contribution in [0.2, 0.25) is 0 Å². The fraction of sp³-hybridized carbons (Fsp3) is 0. The van der Waals surface area contributed by atoms with Gasteiger partial charge in [-0.3, -0.25) is 0 Å². The van der Waals surface area contributed by atoms with E-state index in [1.165, 1.54) is 12.3 Å². The molecule has 0 atom stereocenters. The van der Waals surface area contributed by atoms with Crippen molar-refractivity contribution in [3.05, 3.63) is 54.0 Å². The van der Waals surface area contributed by atoms with E-state index in [-0.39, 0.29) is 5.82 Å². The maximum absolute atomic E-state index is 13.3. The van der Waals surface area contributed by atoms with Crippen LogP contribution in [0.3, 0.4) is 0 Å². The lowest BCUT2D eigenvalue weighted by Gasteiger charge is -2.05. The Kier molecular flexibility index (Phi) is 2.79. The van der Waals surface area contributed by atoms with Crippen molar-refractivity contribution in [1.82, 2.24) is 4.98 Å². The molecule has 78 valence electrons. The second kappa shape index (κ2) is 4.41. The average Bonchev–Trinajstić information content (AvgIpc) is 2.33. The Morgan fingerprint density at radius 1 is 1.19 bits per heavy atom. The second-order valence-electron chi connectivity index (χ2n) is 3.15. The van der Waals surface area contributed by atoms with Gasteiger partial charge in [-0.05, 0) is 24.3 Å². The molecule has 0 aliphatic rings. The van der Waals surface area contributed by atoms with Crippen molar-refractivity contribution in [2.24, 2.45) is 0 Å². The highest BCUT2D eigenvalue weighted by molar-refractivity contribution is 5.56. The summed E-state index contributed by atoms with van der Waals surface area (Å²) in [6, 6.07) is 11.6. The standard InChI is InChI=1S/C12H8FN3/c13-10-3-1-2-4-11(10)16-12-6-5-9(7-14)8-15-12/h1-6,8H,(H,15,16). The minimum absolute atomic E-state index is 0.339. The molecular weight excluding hydrogens is 205 g/mol. The van der Waals surface area contributed by atoms with Crippen LogP contribution in [0.4, 0.5) is 15.9 Å². The first kappa shape index (κ1) is 10.1. The Hall–Kier alpha value is -2.41. The van der Waals surface area contributed by atoms with E-state index in [2.05, 4.69) is 10.3 Å². The Labute approximate surface area is 92.2 Å². The summed E-state index contributed by atoms with van der Waals surface area (Å²) in [5.74, 6) is 0.165. The first-order valence-corrected chi connectivity index (χ1v) is 4.67. The number of aromatic nitrogens is 1. The minimum atomic E-state index is -0.339. The maximum Gasteiger partial charge on any atom is 0.146 e. The second-order valence-corrected chi connectivity index (χ2v) is 3.15. The molecule has 0 radical (unpaired) electrons. The van der Waals surface area contributed by atoms with Crippen molar-refractivity contribution in [3.63, 3.8) is 0 Å². The molecule has 0 saturated carbocycles. The number of hydrogen-bond donors (Lipinski definition) is 1. The molecule has 0 bridgehead atoms. The molecule has 0 aliphatic carbocycles. The van der Waals surface area contributed by atoms with Crippen LogP contribution in [-0.4, -0.2) is 4.98 Å². The number of hydrogen-bond acceptors (Lipinski definition) is 3. The van der Waals surface area contributed by atoms with Gasteiger partial charge in [-0.15, -0.1) is 0 Å². The summed E-state index contributed by atoms with van der Waals surface area (Å²) in [7, 11) is 0. The van der Waals surface area contributed by atoms with Crippen molar-refractivity contribution in [1.29, 1.82) is 5.26 Å². The first-order valence-electron chi connectivity index (χ1n) is 4.67. The third-order valence-electron chi connectivity index (χ3n) is 2.03. The van der Waals surface area contributed by atoms with Gasteiger partial charge < -0.3 is 5.32 Å². The third-order valence-corrected chi connectivity index (χ3v) is 2.03. The van der Waals surface area contributed by atoms with E-state index in [0.717, 1.165) is 0 Å². The van der Waals surface area contributed by atoms with Crippen LogP contribution in [-0.2, 0) is 0 Å². The molecule has 1 aromatic carbocycles. The molecule has 1 N–H and O–H groups in total. The van der Waals surface area contributed by atoms with Crippen molar-refractivity contribution in [3.8, 4) is 6.07 Å². The summed E-state index contributed by atoms with van der Waals surface area (Å²) in [5, 5.41) is 11.4. The zero-order valence-corrected chi connectivity index (χ0v) is 8.31. The van der Waals surface area contributed by atoms with Crippen LogP contribution in [0.15, 0.2) is 42.6 Å². The Morgan fingerprint density at radius 3 is 2.62 bits per heavy atom. The van der Waals surface area contributed by atoms with Crippen molar-refractivity contribution < 1.29 is 4.39 Å². The number of halogens is 1. The summed E-state index contributed by atoms with van der Waals surface area (Å²) in [6.45, 7) is 0. The molecule has 0 aliphatic heterocycles. The predicted octanol–water partition coefficient (Wildman–Crippen LogP) is 2.84. The Bertz CT molecular complexity index is 529. The molecule has 1 aromatic heterocycles. The molecule has 0 fully saturated rings. The molecule has 2 aromatic rings. The van der Waals surface area contributed by atoms with Crippen LogP contribution in [0.5, 0.6) is 0 Å². The molecule has 0 amide bonds. The van der Waals surface area contributed by atoms with Crippen LogP contribution in [0, 0.1) is 17.1 Å².